The molecule has 0 aromatic rings. The number of nitrogens with one attached hydrogen (secondary N) is 1. The van der Waals surface area contributed by atoms with Gasteiger partial charge in [-0.15, -0.1) is 0 Å². The van der Waals surface area contributed by atoms with Crippen molar-refractivity contribution in [2.24, 2.45) is 0 Å². The monoisotopic (exact) mass is 211 g/mol. The van der Waals surface area contributed by atoms with Crippen molar-refractivity contribution >= 4 is 13.6 Å². The molecule has 0 aromatic heterocycles. The van der Waals surface area contributed by atoms with E-state index in [0.29, 0.717) is 0 Å². The lowest BCUT2D eigenvalue weighted by atomic mass is 10.5. The summed E-state index contributed by atoms with van der Waals surface area (Å²) >= 11 is 0. The molecule has 13 heavy (non-hydrogen) atoms. The summed E-state index contributed by atoms with van der Waals surface area (Å²) in [7, 11) is -4.08. The third-order valence-electron chi connectivity index (χ3n) is 0.954. The minimum absolute atomic E-state index is 0.191. The van der Waals surface area contributed by atoms with Gasteiger partial charge in [0.25, 0.3) is 0 Å². The zero-order valence-electron chi connectivity index (χ0n) is 7.56. The van der Waals surface area contributed by atoms with E-state index in [1.54, 1.807) is 13.8 Å². The number of carbonyl (C=O) groups excluding carboxylic acids is 1. The summed E-state index contributed by atoms with van der Waals surface area (Å²) in [5.41, 5.74) is 0. The van der Waals surface area contributed by atoms with Crippen molar-refractivity contribution in [3.8, 4) is 0 Å². The first-order valence-corrected chi connectivity index (χ1v) is 5.56. The van der Waals surface area contributed by atoms with Gasteiger partial charge in [0.1, 0.15) is 0 Å². The van der Waals surface area contributed by atoms with Gasteiger partial charge >= 0.3 is 13.6 Å². The first-order chi connectivity index (χ1) is 5.81. The molecule has 0 amide bonds. The third kappa shape index (κ3) is 9.49. The molecule has 0 bridgehead atoms. The molecule has 0 saturated carbocycles. The Morgan fingerprint density at radius 2 is 2.08 bits per heavy atom. The highest BCUT2D eigenvalue weighted by Crippen LogP contribution is 2.31. The molecule has 3 N–H and O–H groups in total. The molecule has 0 aromatic carbocycles. The lowest BCUT2D eigenvalue weighted by molar-refractivity contribution is -0.146. The maximum atomic E-state index is 10.8. The number of hydrogen-bond acceptors (Lipinski definition) is 4. The molecular weight excluding hydrogens is 197 g/mol. The normalized spacial score (nSPS) is 11.8. The van der Waals surface area contributed by atoms with Gasteiger partial charge in [-0.05, 0) is 13.8 Å². The number of carbonyl (C=O) groups is 1. The van der Waals surface area contributed by atoms with Crippen molar-refractivity contribution in [3.63, 3.8) is 0 Å². The van der Waals surface area contributed by atoms with Crippen molar-refractivity contribution in [1.82, 2.24) is 5.32 Å². The maximum Gasteiger partial charge on any atom is 0.339 e. The lowest BCUT2D eigenvalue weighted by Gasteiger charge is -2.08. The van der Waals surface area contributed by atoms with Crippen LogP contribution in [0.3, 0.4) is 0 Å². The van der Waals surface area contributed by atoms with Gasteiger partial charge in [0.2, 0.25) is 0 Å². The molecule has 0 aliphatic heterocycles. The van der Waals surface area contributed by atoms with Crippen LogP contribution in [0.25, 0.3) is 0 Å². The zero-order chi connectivity index (χ0) is 10.5. The highest BCUT2D eigenvalue weighted by molar-refractivity contribution is 7.51. The first-order valence-electron chi connectivity index (χ1n) is 3.76. The molecule has 0 unspecified atom stereocenters. The smallest absolute Gasteiger partial charge is 0.339 e. The highest BCUT2D eigenvalue weighted by atomic mass is 31.2. The molecule has 6 nitrogen and oxygen atoms in total. The fraction of sp³-hybridized carbons (Fsp3) is 0.833. The van der Waals surface area contributed by atoms with E-state index in [0.717, 1.165) is 0 Å². The Morgan fingerprint density at radius 3 is 2.46 bits per heavy atom. The van der Waals surface area contributed by atoms with E-state index in [2.05, 4.69) is 5.32 Å². The Hall–Kier alpha value is -0.420. The van der Waals surface area contributed by atoms with E-state index < -0.39 is 19.9 Å². The Bertz CT molecular complexity index is 211. The largest absolute Gasteiger partial charge is 0.462 e. The van der Waals surface area contributed by atoms with E-state index in [-0.39, 0.29) is 12.6 Å². The van der Waals surface area contributed by atoms with Crippen LogP contribution in [0.4, 0.5) is 0 Å². The number of hydrogen-bond donors (Lipinski definition) is 3. The second kappa shape index (κ2) is 5.34. The lowest BCUT2D eigenvalue weighted by Crippen LogP contribution is -2.27. The highest BCUT2D eigenvalue weighted by Gasteiger charge is 2.13. The molecule has 0 heterocycles. The van der Waals surface area contributed by atoms with Crippen LogP contribution < -0.4 is 5.32 Å². The topological polar surface area (TPSA) is 95.9 Å². The number of ether oxygens (including phenoxy) is 1. The minimum Gasteiger partial charge on any atom is -0.462 e. The van der Waals surface area contributed by atoms with Crippen molar-refractivity contribution < 1.29 is 23.9 Å². The quantitative estimate of drug-likeness (QED) is 0.425. The summed E-state index contributed by atoms with van der Waals surface area (Å²) in [5, 5.41) is 2.29. The molecule has 78 valence electrons. The number of esters is 1. The van der Waals surface area contributed by atoms with Crippen LogP contribution >= 0.6 is 7.60 Å². The average Bonchev–Trinajstić information content (AvgIpc) is 1.81. The van der Waals surface area contributed by atoms with Crippen molar-refractivity contribution in [2.75, 3.05) is 12.8 Å². The van der Waals surface area contributed by atoms with Gasteiger partial charge in [0.15, 0.2) is 0 Å². The number of rotatable bonds is 5. The van der Waals surface area contributed by atoms with E-state index in [9.17, 15) is 9.36 Å². The molecule has 0 saturated heterocycles. The van der Waals surface area contributed by atoms with E-state index in [1.807, 2.05) is 0 Å². The fourth-order valence-electron chi connectivity index (χ4n) is 0.608. The van der Waals surface area contributed by atoms with Crippen LogP contribution in [-0.2, 0) is 14.1 Å². The van der Waals surface area contributed by atoms with Gasteiger partial charge < -0.3 is 14.5 Å². The third-order valence-corrected chi connectivity index (χ3v) is 1.59. The average molecular weight is 211 g/mol. The summed E-state index contributed by atoms with van der Waals surface area (Å²) in [6.07, 6.45) is -0.732. The van der Waals surface area contributed by atoms with Gasteiger partial charge in [-0.2, -0.15) is 0 Å². The van der Waals surface area contributed by atoms with Crippen LogP contribution in [0.2, 0.25) is 0 Å². The summed E-state index contributed by atoms with van der Waals surface area (Å²) in [6.45, 7) is 3.20. The second-order valence-corrected chi connectivity index (χ2v) is 4.43. The summed E-state index contributed by atoms with van der Waals surface area (Å²) in [5.74, 6) is -0.525. The van der Waals surface area contributed by atoms with Gasteiger partial charge in [-0.1, -0.05) is 0 Å². The predicted octanol–water partition coefficient (Wildman–Crippen LogP) is -0.337. The molecule has 0 aliphatic rings. The van der Waals surface area contributed by atoms with Crippen molar-refractivity contribution in [1.29, 1.82) is 0 Å². The van der Waals surface area contributed by atoms with Crippen LogP contribution in [0.1, 0.15) is 13.8 Å². The zero-order valence-corrected chi connectivity index (χ0v) is 8.45. The van der Waals surface area contributed by atoms with E-state index in [4.69, 9.17) is 14.5 Å². The van der Waals surface area contributed by atoms with Crippen molar-refractivity contribution in [3.05, 3.63) is 0 Å². The minimum atomic E-state index is -4.08. The van der Waals surface area contributed by atoms with Gasteiger partial charge in [0, 0.05) is 0 Å². The SMILES string of the molecule is CC(C)OC(=O)CNCP(=O)(O)O. The molecule has 0 atom stereocenters. The van der Waals surface area contributed by atoms with Crippen LogP contribution in [0.15, 0.2) is 0 Å². The molecule has 0 fully saturated rings. The molecule has 0 rings (SSSR count). The predicted molar refractivity (Wildman–Crippen MR) is 46.1 cm³/mol. The summed E-state index contributed by atoms with van der Waals surface area (Å²) in [4.78, 5) is 27.6. The standard InChI is InChI=1S/C6H14NO5P/c1-5(2)12-6(8)3-7-4-13(9,10)11/h5,7H,3-4H2,1-2H3,(H2,9,10,11). The van der Waals surface area contributed by atoms with Crippen LogP contribution in [0.5, 0.6) is 0 Å². The Balaban J connectivity index is 3.55. The Kier molecular flexibility index (Phi) is 5.17. The summed E-state index contributed by atoms with van der Waals surface area (Å²) < 4.78 is 15.0. The Labute approximate surface area is 76.4 Å². The maximum absolute atomic E-state index is 10.8. The van der Waals surface area contributed by atoms with Gasteiger partial charge in [0.05, 0.1) is 18.9 Å². The van der Waals surface area contributed by atoms with Crippen LogP contribution in [-0.4, -0.2) is 34.7 Å². The van der Waals surface area contributed by atoms with E-state index >= 15 is 0 Å². The van der Waals surface area contributed by atoms with Gasteiger partial charge in [-0.3, -0.25) is 14.7 Å². The molecule has 0 spiro atoms. The second-order valence-electron chi connectivity index (χ2n) is 2.79. The van der Waals surface area contributed by atoms with Crippen LogP contribution in [0, 0.1) is 0 Å². The molecule has 0 aliphatic carbocycles. The fourth-order valence-corrected chi connectivity index (χ4v) is 1.01. The summed E-state index contributed by atoms with van der Waals surface area (Å²) in [6, 6.07) is 0. The van der Waals surface area contributed by atoms with E-state index in [1.165, 1.54) is 0 Å². The first kappa shape index (κ1) is 12.6. The Morgan fingerprint density at radius 1 is 1.54 bits per heavy atom. The van der Waals surface area contributed by atoms with Crippen molar-refractivity contribution in [2.45, 2.75) is 20.0 Å². The molecule has 0 radical (unpaired) electrons. The molecule has 7 heteroatoms. The van der Waals surface area contributed by atoms with Gasteiger partial charge in [-0.25, -0.2) is 0 Å². The molecular formula is C6H14NO5P.